The van der Waals surface area contributed by atoms with E-state index in [1.807, 2.05) is 0 Å². The zero-order chi connectivity index (χ0) is 24.5. The van der Waals surface area contributed by atoms with Crippen molar-refractivity contribution in [3.63, 3.8) is 0 Å². The number of sulfonamides is 1. The Kier molecular flexibility index (Phi) is 6.19. The number of imidazole rings is 1. The highest BCUT2D eigenvalue weighted by molar-refractivity contribution is 7.89. The number of fused-ring (bicyclic) bond motifs is 1. The number of amides is 1. The second-order valence-electron chi connectivity index (χ2n) is 7.54. The molecule has 0 saturated heterocycles. The van der Waals surface area contributed by atoms with Crippen molar-refractivity contribution in [2.45, 2.75) is 30.5 Å². The van der Waals surface area contributed by atoms with Gasteiger partial charge >= 0.3 is 6.18 Å². The quantitative estimate of drug-likeness (QED) is 0.405. The van der Waals surface area contributed by atoms with Crippen LogP contribution in [0.4, 0.5) is 19.1 Å². The zero-order valence-corrected chi connectivity index (χ0v) is 18.4. The van der Waals surface area contributed by atoms with Crippen molar-refractivity contribution < 1.29 is 30.8 Å². The third-order valence-electron chi connectivity index (χ3n) is 5.11. The molecular weight excluding hydrogens is 473 g/mol. The van der Waals surface area contributed by atoms with Crippen LogP contribution < -0.4 is 10.5 Å². The maximum atomic E-state index is 13.1. The lowest BCUT2D eigenvalue weighted by atomic mass is 10.1. The fraction of sp³-hybridized carbons (Fsp3) is 0.182. The number of alkyl halides is 3. The summed E-state index contributed by atoms with van der Waals surface area (Å²) in [6.45, 7) is 0.152. The minimum atomic E-state index is -4.53. The van der Waals surface area contributed by atoms with Gasteiger partial charge in [0.1, 0.15) is 5.76 Å². The highest BCUT2D eigenvalue weighted by Crippen LogP contribution is 2.32. The van der Waals surface area contributed by atoms with Crippen LogP contribution in [-0.2, 0) is 34.0 Å². The molecule has 0 atom stereocenters. The molecule has 8 nitrogen and oxygen atoms in total. The van der Waals surface area contributed by atoms with Gasteiger partial charge in [0.2, 0.25) is 21.9 Å². The number of nitrogens with two attached hydrogens (primary N) is 1. The van der Waals surface area contributed by atoms with Crippen LogP contribution in [0.25, 0.3) is 11.0 Å². The average Bonchev–Trinajstić information content (AvgIpc) is 3.39. The van der Waals surface area contributed by atoms with Crippen molar-refractivity contribution in [1.29, 1.82) is 0 Å². The first-order chi connectivity index (χ1) is 16.0. The number of rotatable bonds is 7. The number of carbonyl (C=O) groups excluding carboxylic acids is 1. The molecule has 0 unspecified atom stereocenters. The molecule has 0 radical (unpaired) electrons. The lowest BCUT2D eigenvalue weighted by molar-refractivity contribution is -0.137. The number of hydrogen-bond donors (Lipinski definition) is 2. The van der Waals surface area contributed by atoms with Gasteiger partial charge in [-0.25, -0.2) is 18.5 Å². The van der Waals surface area contributed by atoms with E-state index in [2.05, 4.69) is 10.3 Å². The summed E-state index contributed by atoms with van der Waals surface area (Å²) in [4.78, 5) is 16.8. The topological polar surface area (TPSA) is 120 Å². The Hall–Kier alpha value is -3.64. The predicted molar refractivity (Wildman–Crippen MR) is 117 cm³/mol. The van der Waals surface area contributed by atoms with Crippen molar-refractivity contribution in [2.24, 2.45) is 5.14 Å². The second kappa shape index (κ2) is 8.95. The minimum Gasteiger partial charge on any atom is -0.467 e. The van der Waals surface area contributed by atoms with Gasteiger partial charge in [-0.05, 0) is 54.4 Å². The molecule has 12 heteroatoms. The van der Waals surface area contributed by atoms with Crippen molar-refractivity contribution in [1.82, 2.24) is 9.55 Å². The predicted octanol–water partition coefficient (Wildman–Crippen LogP) is 3.92. The van der Waals surface area contributed by atoms with Gasteiger partial charge in [0.25, 0.3) is 0 Å². The summed E-state index contributed by atoms with van der Waals surface area (Å²) in [5.74, 6) is 0.201. The molecular formula is C22H19F3N4O4S. The van der Waals surface area contributed by atoms with Crippen LogP contribution in [0.1, 0.15) is 23.3 Å². The van der Waals surface area contributed by atoms with E-state index in [4.69, 9.17) is 9.56 Å². The Morgan fingerprint density at radius 2 is 1.85 bits per heavy atom. The number of anilines is 1. The third kappa shape index (κ3) is 5.29. The highest BCUT2D eigenvalue weighted by atomic mass is 32.2. The molecule has 4 rings (SSSR count). The first-order valence-corrected chi connectivity index (χ1v) is 11.6. The summed E-state index contributed by atoms with van der Waals surface area (Å²) in [5.41, 5.74) is 0.346. The maximum Gasteiger partial charge on any atom is 0.416 e. The molecule has 0 spiro atoms. The van der Waals surface area contributed by atoms with Crippen molar-refractivity contribution in [3.8, 4) is 0 Å². The zero-order valence-electron chi connectivity index (χ0n) is 17.5. The molecule has 4 aromatic rings. The van der Waals surface area contributed by atoms with Crippen LogP contribution in [0.3, 0.4) is 0 Å². The Labute approximate surface area is 192 Å². The lowest BCUT2D eigenvalue weighted by Crippen LogP contribution is -2.16. The van der Waals surface area contributed by atoms with E-state index in [1.165, 1.54) is 24.5 Å². The summed E-state index contributed by atoms with van der Waals surface area (Å²) in [5, 5.41) is 7.72. The number of aromatic nitrogens is 2. The van der Waals surface area contributed by atoms with Gasteiger partial charge in [0.15, 0.2) is 0 Å². The molecule has 0 bridgehead atoms. The second-order valence-corrected chi connectivity index (χ2v) is 9.10. The van der Waals surface area contributed by atoms with E-state index in [1.54, 1.807) is 28.8 Å². The van der Waals surface area contributed by atoms with Gasteiger partial charge < -0.3 is 8.98 Å². The number of halogens is 3. The minimum absolute atomic E-state index is 0.0342. The normalized spacial score (nSPS) is 12.2. The molecule has 2 aromatic carbocycles. The number of hydrogen-bond acceptors (Lipinski definition) is 5. The van der Waals surface area contributed by atoms with Gasteiger partial charge in [-0.15, -0.1) is 0 Å². The molecule has 0 aliphatic carbocycles. The fourth-order valence-electron chi connectivity index (χ4n) is 3.41. The van der Waals surface area contributed by atoms with Crippen molar-refractivity contribution in [3.05, 3.63) is 77.7 Å². The summed E-state index contributed by atoms with van der Waals surface area (Å²) in [6.07, 6.45) is -2.73. The van der Waals surface area contributed by atoms with Crippen LogP contribution in [0.15, 0.2) is 70.2 Å². The molecule has 0 saturated carbocycles. The number of furan rings is 1. The molecule has 178 valence electrons. The number of primary sulfonamides is 1. The van der Waals surface area contributed by atoms with E-state index in [0.29, 0.717) is 23.3 Å². The molecule has 2 heterocycles. The van der Waals surface area contributed by atoms with E-state index in [9.17, 15) is 26.4 Å². The van der Waals surface area contributed by atoms with Gasteiger partial charge in [0.05, 0.1) is 34.3 Å². The van der Waals surface area contributed by atoms with Crippen molar-refractivity contribution >= 4 is 32.9 Å². The third-order valence-corrected chi connectivity index (χ3v) is 6.04. The largest absolute Gasteiger partial charge is 0.467 e. The van der Waals surface area contributed by atoms with Gasteiger partial charge in [-0.3, -0.25) is 10.1 Å². The molecule has 34 heavy (non-hydrogen) atoms. The Bertz CT molecular complexity index is 1430. The average molecular weight is 492 g/mol. The molecule has 0 fully saturated rings. The first kappa shape index (κ1) is 23.5. The van der Waals surface area contributed by atoms with Crippen LogP contribution >= 0.6 is 0 Å². The Balaban J connectivity index is 1.55. The van der Waals surface area contributed by atoms with Crippen LogP contribution in [0.5, 0.6) is 0 Å². The van der Waals surface area contributed by atoms with E-state index >= 15 is 0 Å². The smallest absolute Gasteiger partial charge is 0.416 e. The van der Waals surface area contributed by atoms with Gasteiger partial charge in [-0.2, -0.15) is 13.2 Å². The standard InChI is InChI=1S/C22H19F3N4O4S/c23-22(24,25)15-6-9-19-18(12-15)27-21(29(19)13-16-2-1-11-33-16)28-20(30)10-5-14-3-7-17(8-4-14)34(26,31)32/h1-4,6-9,11-12H,5,10,13H2,(H2,26,31,32)(H,27,28,30). The molecule has 1 amide bonds. The van der Waals surface area contributed by atoms with Crippen molar-refractivity contribution in [2.75, 3.05) is 5.32 Å². The SMILES string of the molecule is NS(=O)(=O)c1ccc(CCC(=O)Nc2nc3cc(C(F)(F)F)ccc3n2Cc2ccco2)cc1. The summed E-state index contributed by atoms with van der Waals surface area (Å²) in [7, 11) is -3.81. The number of nitrogens with zero attached hydrogens (tertiary/aromatic N) is 2. The van der Waals surface area contributed by atoms with E-state index in [0.717, 1.165) is 12.1 Å². The van der Waals surface area contributed by atoms with Crippen LogP contribution in [-0.4, -0.2) is 23.9 Å². The number of nitrogens with one attached hydrogen (secondary N) is 1. The molecule has 3 N–H and O–H groups in total. The number of benzene rings is 2. The van der Waals surface area contributed by atoms with Gasteiger partial charge in [-0.1, -0.05) is 12.1 Å². The van der Waals surface area contributed by atoms with Gasteiger partial charge in [0, 0.05) is 6.42 Å². The summed E-state index contributed by atoms with van der Waals surface area (Å²) < 4.78 is 69.0. The number of aryl methyl sites for hydroxylation is 1. The number of carbonyl (C=O) groups is 1. The van der Waals surface area contributed by atoms with E-state index < -0.39 is 27.7 Å². The summed E-state index contributed by atoms with van der Waals surface area (Å²) in [6, 6.07) is 12.4. The Morgan fingerprint density at radius 1 is 1.12 bits per heavy atom. The van der Waals surface area contributed by atoms with E-state index in [-0.39, 0.29) is 29.3 Å². The summed E-state index contributed by atoms with van der Waals surface area (Å²) >= 11 is 0. The fourth-order valence-corrected chi connectivity index (χ4v) is 3.93. The lowest BCUT2D eigenvalue weighted by Gasteiger charge is -2.10. The molecule has 0 aliphatic heterocycles. The van der Waals surface area contributed by atoms with Crippen LogP contribution in [0.2, 0.25) is 0 Å². The first-order valence-electron chi connectivity index (χ1n) is 10.0. The highest BCUT2D eigenvalue weighted by Gasteiger charge is 2.31. The Morgan fingerprint density at radius 3 is 2.47 bits per heavy atom. The monoisotopic (exact) mass is 492 g/mol. The molecule has 2 aromatic heterocycles. The maximum absolute atomic E-state index is 13.1. The van der Waals surface area contributed by atoms with Crippen LogP contribution in [0, 0.1) is 0 Å². The molecule has 0 aliphatic rings.